The first kappa shape index (κ1) is 8.83. The van der Waals surface area contributed by atoms with Crippen molar-refractivity contribution < 1.29 is 14.6 Å². The summed E-state index contributed by atoms with van der Waals surface area (Å²) in [4.78, 5) is 0.104. The van der Waals surface area contributed by atoms with Crippen LogP contribution in [-0.4, -0.2) is 10.2 Å². The van der Waals surface area contributed by atoms with Crippen molar-refractivity contribution in [3.8, 4) is 22.8 Å². The van der Waals surface area contributed by atoms with Gasteiger partial charge in [-0.15, -0.1) is 0 Å². The van der Waals surface area contributed by atoms with Gasteiger partial charge in [-0.25, -0.2) is 0 Å². The average Bonchev–Trinajstić information content (AvgIpc) is 2.57. The van der Waals surface area contributed by atoms with E-state index in [1.54, 1.807) is 11.4 Å². The summed E-state index contributed by atoms with van der Waals surface area (Å²) < 4.78 is 5.06. The lowest BCUT2D eigenvalue weighted by molar-refractivity contribution is 0.403. The highest BCUT2D eigenvalue weighted by molar-refractivity contribution is 7.07. The van der Waals surface area contributed by atoms with Gasteiger partial charge < -0.3 is 14.6 Å². The Bertz CT molecular complexity index is 515. The lowest BCUT2D eigenvalue weighted by atomic mass is 10.2. The Hall–Kier alpha value is -1.75. The van der Waals surface area contributed by atoms with Crippen molar-refractivity contribution in [2.24, 2.45) is 0 Å². The normalized spacial score (nSPS) is 10.3. The molecule has 0 fully saturated rings. The fourth-order valence-electron chi connectivity index (χ4n) is 1.06. The Kier molecular flexibility index (Phi) is 2.01. The van der Waals surface area contributed by atoms with Crippen molar-refractivity contribution in [2.45, 2.75) is 0 Å². The molecule has 2 aromatic rings. The third-order valence-corrected chi connectivity index (χ3v) is 2.36. The van der Waals surface area contributed by atoms with Crippen molar-refractivity contribution in [3.63, 3.8) is 0 Å². The number of benzene rings is 1. The van der Waals surface area contributed by atoms with Gasteiger partial charge in [-0.2, -0.15) is 0 Å². The van der Waals surface area contributed by atoms with E-state index in [1.165, 1.54) is 23.5 Å². The second-order valence-electron chi connectivity index (χ2n) is 2.69. The van der Waals surface area contributed by atoms with Gasteiger partial charge in [0.05, 0.1) is 0 Å². The molecule has 0 aliphatic rings. The van der Waals surface area contributed by atoms with Crippen molar-refractivity contribution in [3.05, 3.63) is 28.4 Å². The van der Waals surface area contributed by atoms with Gasteiger partial charge >= 0.3 is 0 Å². The molecule has 0 aliphatic heterocycles. The number of phenolic OH excluding ortho intramolecular Hbond substituents is 2. The van der Waals surface area contributed by atoms with E-state index >= 15 is 0 Å². The standard InChI is InChI=1S/C9H7NO3S/c10-9-13-8(4-14-9)5-1-2-6(11)7(12)3-5/h1-4,10-12H. The summed E-state index contributed by atoms with van der Waals surface area (Å²) >= 11 is 1.17. The molecule has 1 aromatic carbocycles. The molecule has 72 valence electrons. The Morgan fingerprint density at radius 3 is 2.57 bits per heavy atom. The molecule has 0 bridgehead atoms. The summed E-state index contributed by atoms with van der Waals surface area (Å²) in [5.41, 5.74) is 0.634. The van der Waals surface area contributed by atoms with Crippen LogP contribution in [-0.2, 0) is 0 Å². The zero-order valence-electron chi connectivity index (χ0n) is 7.02. The minimum atomic E-state index is -0.199. The highest BCUT2D eigenvalue weighted by Gasteiger charge is 2.05. The van der Waals surface area contributed by atoms with Crippen LogP contribution in [0.25, 0.3) is 11.3 Å². The van der Waals surface area contributed by atoms with Crippen molar-refractivity contribution >= 4 is 11.3 Å². The largest absolute Gasteiger partial charge is 0.504 e. The molecule has 2 rings (SSSR count). The quantitative estimate of drug-likeness (QED) is 0.628. The van der Waals surface area contributed by atoms with Gasteiger partial charge in [0.1, 0.15) is 5.76 Å². The van der Waals surface area contributed by atoms with E-state index in [-0.39, 0.29) is 16.4 Å². The molecule has 1 heterocycles. The number of hydrogen-bond acceptors (Lipinski definition) is 5. The predicted octanol–water partition coefficient (Wildman–Crippen LogP) is 1.90. The summed E-state index contributed by atoms with van der Waals surface area (Å²) in [6.07, 6.45) is 0. The predicted molar refractivity (Wildman–Crippen MR) is 51.2 cm³/mol. The summed E-state index contributed by atoms with van der Waals surface area (Å²) in [5.74, 6) is 0.140. The van der Waals surface area contributed by atoms with Crippen LogP contribution in [0.2, 0.25) is 0 Å². The molecule has 0 amide bonds. The molecule has 0 radical (unpaired) electrons. The molecular formula is C9H7NO3S. The first-order valence-corrected chi connectivity index (χ1v) is 4.70. The SMILES string of the molecule is N=c1oc(-c2ccc(O)c(O)c2)cs1. The van der Waals surface area contributed by atoms with Crippen LogP contribution in [0, 0.1) is 5.41 Å². The van der Waals surface area contributed by atoms with E-state index in [1.807, 2.05) is 0 Å². The van der Waals surface area contributed by atoms with Crippen LogP contribution in [0.15, 0.2) is 28.0 Å². The van der Waals surface area contributed by atoms with Gasteiger partial charge in [-0.3, -0.25) is 5.41 Å². The van der Waals surface area contributed by atoms with Crippen LogP contribution in [0.5, 0.6) is 11.5 Å². The maximum atomic E-state index is 9.23. The van der Waals surface area contributed by atoms with Crippen molar-refractivity contribution in [2.75, 3.05) is 0 Å². The fraction of sp³-hybridized carbons (Fsp3) is 0. The highest BCUT2D eigenvalue weighted by atomic mass is 32.1. The molecule has 1 aromatic heterocycles. The Morgan fingerprint density at radius 2 is 2.00 bits per heavy atom. The highest BCUT2D eigenvalue weighted by Crippen LogP contribution is 2.30. The number of hydrogen-bond donors (Lipinski definition) is 3. The average molecular weight is 209 g/mol. The van der Waals surface area contributed by atoms with Crippen LogP contribution in [0.4, 0.5) is 0 Å². The second-order valence-corrected chi connectivity index (χ2v) is 3.54. The van der Waals surface area contributed by atoms with E-state index in [0.717, 1.165) is 0 Å². The molecule has 0 aliphatic carbocycles. The molecule has 0 spiro atoms. The summed E-state index contributed by atoms with van der Waals surface area (Å²) in [6, 6.07) is 4.38. The van der Waals surface area contributed by atoms with E-state index in [2.05, 4.69) is 0 Å². The van der Waals surface area contributed by atoms with Crippen LogP contribution in [0.1, 0.15) is 0 Å². The molecule has 3 N–H and O–H groups in total. The van der Waals surface area contributed by atoms with E-state index in [0.29, 0.717) is 11.3 Å². The van der Waals surface area contributed by atoms with Gasteiger partial charge in [0.2, 0.25) is 0 Å². The molecule has 0 unspecified atom stereocenters. The molecule has 4 nitrogen and oxygen atoms in total. The monoisotopic (exact) mass is 209 g/mol. The zero-order valence-corrected chi connectivity index (χ0v) is 7.84. The van der Waals surface area contributed by atoms with Crippen molar-refractivity contribution in [1.29, 1.82) is 5.41 Å². The topological polar surface area (TPSA) is 77.5 Å². The summed E-state index contributed by atoms with van der Waals surface area (Å²) in [5, 5.41) is 27.2. The van der Waals surface area contributed by atoms with Crippen LogP contribution in [0.3, 0.4) is 0 Å². The van der Waals surface area contributed by atoms with Gasteiger partial charge in [0.25, 0.3) is 4.87 Å². The maximum absolute atomic E-state index is 9.23. The Morgan fingerprint density at radius 1 is 1.21 bits per heavy atom. The molecule has 14 heavy (non-hydrogen) atoms. The lowest BCUT2D eigenvalue weighted by Gasteiger charge is -1.99. The van der Waals surface area contributed by atoms with Gasteiger partial charge in [-0.1, -0.05) is 11.3 Å². The first-order valence-electron chi connectivity index (χ1n) is 3.82. The smallest absolute Gasteiger partial charge is 0.271 e. The van der Waals surface area contributed by atoms with E-state index in [9.17, 15) is 5.11 Å². The molecule has 0 atom stereocenters. The fourth-order valence-corrected chi connectivity index (χ4v) is 1.59. The summed E-state index contributed by atoms with van der Waals surface area (Å²) in [6.45, 7) is 0. The van der Waals surface area contributed by atoms with E-state index < -0.39 is 0 Å². The van der Waals surface area contributed by atoms with Crippen LogP contribution < -0.4 is 4.87 Å². The zero-order chi connectivity index (χ0) is 10.1. The van der Waals surface area contributed by atoms with Crippen molar-refractivity contribution in [1.82, 2.24) is 0 Å². The molecule has 5 heteroatoms. The number of aromatic hydroxyl groups is 2. The Balaban J connectivity index is 2.52. The molecular weight excluding hydrogens is 202 g/mol. The van der Waals surface area contributed by atoms with Gasteiger partial charge in [-0.05, 0) is 18.2 Å². The van der Waals surface area contributed by atoms with E-state index in [4.69, 9.17) is 14.9 Å². The minimum Gasteiger partial charge on any atom is -0.504 e. The number of rotatable bonds is 1. The second kappa shape index (κ2) is 3.19. The Labute approximate surface area is 83.2 Å². The third kappa shape index (κ3) is 1.49. The maximum Gasteiger partial charge on any atom is 0.271 e. The van der Waals surface area contributed by atoms with Gasteiger partial charge in [0, 0.05) is 10.9 Å². The lowest BCUT2D eigenvalue weighted by Crippen LogP contribution is -1.82. The summed E-state index contributed by atoms with van der Waals surface area (Å²) in [7, 11) is 0. The number of phenols is 2. The van der Waals surface area contributed by atoms with Crippen LogP contribution >= 0.6 is 11.3 Å². The first-order chi connectivity index (χ1) is 6.66. The minimum absolute atomic E-state index is 0.104. The number of nitrogens with one attached hydrogen (secondary N) is 1. The van der Waals surface area contributed by atoms with Gasteiger partial charge in [0.15, 0.2) is 11.5 Å². The molecule has 0 saturated heterocycles. The molecule has 0 saturated carbocycles. The third-order valence-electron chi connectivity index (χ3n) is 1.74.